The molecule has 0 saturated carbocycles. The van der Waals surface area contributed by atoms with Crippen molar-refractivity contribution < 1.29 is 9.18 Å². The summed E-state index contributed by atoms with van der Waals surface area (Å²) in [6.45, 7) is 4.61. The van der Waals surface area contributed by atoms with Crippen LogP contribution in [0, 0.1) is 11.7 Å². The highest BCUT2D eigenvalue weighted by atomic mass is 19.1. The number of likely N-dealkylation sites (N-methyl/N-ethyl adjacent to an activating group) is 1. The Morgan fingerprint density at radius 1 is 1.42 bits per heavy atom. The second-order valence-electron chi connectivity index (χ2n) is 7.00. The summed E-state index contributed by atoms with van der Waals surface area (Å²) in [4.78, 5) is 13.8. The molecule has 3 atom stereocenters. The molecule has 0 radical (unpaired) electrons. The fourth-order valence-electron chi connectivity index (χ4n) is 2.98. The van der Waals surface area contributed by atoms with Crippen LogP contribution in [0.5, 0.6) is 0 Å². The second-order valence-corrected chi connectivity index (χ2v) is 7.00. The molecule has 1 heterocycles. The SMILES string of the molecule is CC(C)[C@H](N)C(=O)N(C)CCCC1CC(c2cccc(F)c2)NN1. The Bertz CT molecular complexity index is 552. The number of rotatable bonds is 7. The van der Waals surface area contributed by atoms with Crippen molar-refractivity contribution >= 4 is 5.91 Å². The lowest BCUT2D eigenvalue weighted by molar-refractivity contribution is -0.132. The third kappa shape index (κ3) is 5.00. The summed E-state index contributed by atoms with van der Waals surface area (Å²) >= 11 is 0. The molecule has 5 nitrogen and oxygen atoms in total. The third-order valence-electron chi connectivity index (χ3n) is 4.66. The Hall–Kier alpha value is -1.50. The van der Waals surface area contributed by atoms with Gasteiger partial charge in [0.25, 0.3) is 0 Å². The van der Waals surface area contributed by atoms with Crippen LogP contribution in [0.25, 0.3) is 0 Å². The molecule has 1 fully saturated rings. The molecule has 0 bridgehead atoms. The minimum absolute atomic E-state index is 0.000133. The second kappa shape index (κ2) is 8.55. The van der Waals surface area contributed by atoms with Crippen molar-refractivity contribution in [1.29, 1.82) is 0 Å². The minimum Gasteiger partial charge on any atom is -0.344 e. The molecule has 1 amide bonds. The van der Waals surface area contributed by atoms with Gasteiger partial charge in [-0.1, -0.05) is 26.0 Å². The van der Waals surface area contributed by atoms with Gasteiger partial charge < -0.3 is 10.6 Å². The predicted octanol–water partition coefficient (Wildman–Crippen LogP) is 1.96. The average Bonchev–Trinajstić information content (AvgIpc) is 3.02. The molecular formula is C18H29FN4O. The van der Waals surface area contributed by atoms with Crippen molar-refractivity contribution in [2.75, 3.05) is 13.6 Å². The van der Waals surface area contributed by atoms with E-state index in [-0.39, 0.29) is 23.7 Å². The summed E-state index contributed by atoms with van der Waals surface area (Å²) < 4.78 is 13.3. The number of hydrazine groups is 1. The first-order valence-electron chi connectivity index (χ1n) is 8.65. The highest BCUT2D eigenvalue weighted by Gasteiger charge is 2.25. The Kier molecular flexibility index (Phi) is 6.71. The Morgan fingerprint density at radius 3 is 2.83 bits per heavy atom. The lowest BCUT2D eigenvalue weighted by Crippen LogP contribution is -2.45. The number of carbonyl (C=O) groups excluding carboxylic acids is 1. The largest absolute Gasteiger partial charge is 0.344 e. The van der Waals surface area contributed by atoms with Gasteiger partial charge >= 0.3 is 0 Å². The molecule has 0 spiro atoms. The molecule has 1 aromatic rings. The lowest BCUT2D eigenvalue weighted by Gasteiger charge is -2.23. The predicted molar refractivity (Wildman–Crippen MR) is 93.5 cm³/mol. The van der Waals surface area contributed by atoms with Crippen molar-refractivity contribution in [2.24, 2.45) is 11.7 Å². The maximum atomic E-state index is 13.3. The average molecular weight is 336 g/mol. The summed E-state index contributed by atoms with van der Waals surface area (Å²) in [6.07, 6.45) is 2.77. The molecule has 1 aliphatic rings. The van der Waals surface area contributed by atoms with Crippen LogP contribution in [0.15, 0.2) is 24.3 Å². The Labute approximate surface area is 143 Å². The summed E-state index contributed by atoms with van der Waals surface area (Å²) in [5, 5.41) is 0. The highest BCUT2D eigenvalue weighted by Crippen LogP contribution is 2.24. The molecule has 2 unspecified atom stereocenters. The Balaban J connectivity index is 1.73. The van der Waals surface area contributed by atoms with Crippen molar-refractivity contribution in [3.63, 3.8) is 0 Å². The van der Waals surface area contributed by atoms with Crippen molar-refractivity contribution in [2.45, 2.75) is 51.2 Å². The number of halogens is 1. The fourth-order valence-corrected chi connectivity index (χ4v) is 2.98. The number of benzene rings is 1. The number of carbonyl (C=O) groups is 1. The van der Waals surface area contributed by atoms with E-state index >= 15 is 0 Å². The van der Waals surface area contributed by atoms with Gasteiger partial charge in [0.1, 0.15) is 5.82 Å². The standard InChI is InChI=1S/C18H29FN4O/c1-12(2)17(20)18(24)23(3)9-5-8-15-11-16(22-21-15)13-6-4-7-14(19)10-13/h4,6-7,10,12,15-17,21-22H,5,8-9,11,20H2,1-3H3/t15?,16?,17-/m0/s1. The van der Waals surface area contributed by atoms with E-state index in [2.05, 4.69) is 10.9 Å². The normalized spacial score (nSPS) is 21.9. The first-order chi connectivity index (χ1) is 11.4. The molecule has 0 aromatic heterocycles. The summed E-state index contributed by atoms with van der Waals surface area (Å²) in [6, 6.07) is 6.71. The molecule has 0 aliphatic carbocycles. The number of hydrogen-bond acceptors (Lipinski definition) is 4. The number of nitrogens with zero attached hydrogens (tertiary/aromatic N) is 1. The van der Waals surface area contributed by atoms with Crippen LogP contribution in [0.1, 0.15) is 44.7 Å². The van der Waals surface area contributed by atoms with Gasteiger partial charge in [0.2, 0.25) is 5.91 Å². The topological polar surface area (TPSA) is 70.4 Å². The van der Waals surface area contributed by atoms with Gasteiger partial charge in [0.05, 0.1) is 6.04 Å². The van der Waals surface area contributed by atoms with E-state index < -0.39 is 6.04 Å². The molecule has 1 saturated heterocycles. The fraction of sp³-hybridized carbons (Fsp3) is 0.611. The van der Waals surface area contributed by atoms with Crippen molar-refractivity contribution in [1.82, 2.24) is 15.8 Å². The molecule has 134 valence electrons. The van der Waals surface area contributed by atoms with Crippen LogP contribution in [0.3, 0.4) is 0 Å². The van der Waals surface area contributed by atoms with Crippen LogP contribution in [-0.4, -0.2) is 36.5 Å². The van der Waals surface area contributed by atoms with E-state index in [1.807, 2.05) is 19.9 Å². The highest BCUT2D eigenvalue weighted by molar-refractivity contribution is 5.81. The summed E-state index contributed by atoms with van der Waals surface area (Å²) in [5.74, 6) is -0.0628. The minimum atomic E-state index is -0.432. The van der Waals surface area contributed by atoms with Crippen LogP contribution < -0.4 is 16.6 Å². The van der Waals surface area contributed by atoms with E-state index in [0.717, 1.165) is 24.8 Å². The van der Waals surface area contributed by atoms with Crippen LogP contribution in [0.4, 0.5) is 4.39 Å². The lowest BCUT2D eigenvalue weighted by atomic mass is 9.99. The van der Waals surface area contributed by atoms with Gasteiger partial charge in [0, 0.05) is 25.7 Å². The quantitative estimate of drug-likeness (QED) is 0.712. The first kappa shape index (κ1) is 18.8. The molecule has 2 rings (SSSR count). The summed E-state index contributed by atoms with van der Waals surface area (Å²) in [5.41, 5.74) is 13.4. The maximum Gasteiger partial charge on any atom is 0.239 e. The zero-order chi connectivity index (χ0) is 17.7. The van der Waals surface area contributed by atoms with Gasteiger partial charge in [-0.25, -0.2) is 4.39 Å². The van der Waals surface area contributed by atoms with Crippen LogP contribution in [0.2, 0.25) is 0 Å². The molecule has 4 N–H and O–H groups in total. The molecule has 24 heavy (non-hydrogen) atoms. The van der Waals surface area contributed by atoms with Crippen LogP contribution >= 0.6 is 0 Å². The van der Waals surface area contributed by atoms with E-state index in [0.29, 0.717) is 12.6 Å². The Morgan fingerprint density at radius 2 is 2.17 bits per heavy atom. The first-order valence-corrected chi connectivity index (χ1v) is 8.65. The van der Waals surface area contributed by atoms with Crippen molar-refractivity contribution in [3.8, 4) is 0 Å². The maximum absolute atomic E-state index is 13.3. The number of nitrogens with one attached hydrogen (secondary N) is 2. The van der Waals surface area contributed by atoms with Gasteiger partial charge in [-0.15, -0.1) is 0 Å². The monoisotopic (exact) mass is 336 g/mol. The number of amides is 1. The van der Waals surface area contributed by atoms with E-state index in [1.54, 1.807) is 24.1 Å². The zero-order valence-corrected chi connectivity index (χ0v) is 14.8. The number of hydrogen-bond donors (Lipinski definition) is 3. The van der Waals surface area contributed by atoms with Crippen LogP contribution in [-0.2, 0) is 4.79 Å². The smallest absolute Gasteiger partial charge is 0.239 e. The van der Waals surface area contributed by atoms with Gasteiger partial charge in [0.15, 0.2) is 0 Å². The molecule has 1 aliphatic heterocycles. The molecule has 1 aromatic carbocycles. The van der Waals surface area contributed by atoms with E-state index in [9.17, 15) is 9.18 Å². The van der Waals surface area contributed by atoms with E-state index in [4.69, 9.17) is 5.73 Å². The summed E-state index contributed by atoms with van der Waals surface area (Å²) in [7, 11) is 1.81. The van der Waals surface area contributed by atoms with E-state index in [1.165, 1.54) is 6.07 Å². The molecule has 6 heteroatoms. The van der Waals surface area contributed by atoms with Crippen molar-refractivity contribution in [3.05, 3.63) is 35.6 Å². The molecular weight excluding hydrogens is 307 g/mol. The zero-order valence-electron chi connectivity index (χ0n) is 14.8. The van der Waals surface area contributed by atoms with Gasteiger partial charge in [-0.3, -0.25) is 15.6 Å². The van der Waals surface area contributed by atoms with Gasteiger partial charge in [-0.2, -0.15) is 0 Å². The number of nitrogens with two attached hydrogens (primary N) is 1. The third-order valence-corrected chi connectivity index (χ3v) is 4.66. The van der Waals surface area contributed by atoms with Gasteiger partial charge in [-0.05, 0) is 42.9 Å².